The molecule has 148 valence electrons. The van der Waals surface area contributed by atoms with E-state index >= 15 is 0 Å². The highest BCUT2D eigenvalue weighted by Gasteiger charge is 2.43. The quantitative estimate of drug-likeness (QED) is 0.586. The van der Waals surface area contributed by atoms with E-state index in [9.17, 15) is 4.79 Å². The molecule has 1 spiro atoms. The van der Waals surface area contributed by atoms with Gasteiger partial charge in [0.1, 0.15) is 5.65 Å². The zero-order valence-corrected chi connectivity index (χ0v) is 16.8. The number of hydrogen-bond donors (Lipinski definition) is 2. The number of H-pyrrole nitrogens is 1. The Balaban J connectivity index is 1.42. The maximum atomic E-state index is 12.6. The summed E-state index contributed by atoms with van der Waals surface area (Å²) in [5, 5.41) is 4.49. The van der Waals surface area contributed by atoms with E-state index in [1.54, 1.807) is 0 Å². The maximum absolute atomic E-state index is 12.6. The number of benzene rings is 1. The zero-order valence-electron chi connectivity index (χ0n) is 16.8. The van der Waals surface area contributed by atoms with Gasteiger partial charge < -0.3 is 10.3 Å². The standard InChI is InChI=1S/C25H27N3O/c29-24-19-9-8-17(14-21(19)25(28-24)12-4-1-5-13-25)20-15-26-23-18(20)10-11-22(27-23)16-6-2-3-7-16/h8-11,14-16H,1-7,12-13H2,(H,26,27)(H,28,29). The molecular formula is C25H27N3O. The van der Waals surface area contributed by atoms with E-state index in [0.717, 1.165) is 24.1 Å². The van der Waals surface area contributed by atoms with Gasteiger partial charge in [-0.2, -0.15) is 0 Å². The number of aromatic amines is 1. The molecule has 1 aliphatic heterocycles. The fourth-order valence-electron chi connectivity index (χ4n) is 5.92. The molecule has 1 aromatic carbocycles. The largest absolute Gasteiger partial charge is 0.346 e. The minimum Gasteiger partial charge on any atom is -0.346 e. The van der Waals surface area contributed by atoms with Crippen LogP contribution in [0.15, 0.2) is 36.5 Å². The van der Waals surface area contributed by atoms with Gasteiger partial charge in [0, 0.05) is 34.3 Å². The van der Waals surface area contributed by atoms with Gasteiger partial charge >= 0.3 is 0 Å². The van der Waals surface area contributed by atoms with Gasteiger partial charge in [-0.15, -0.1) is 0 Å². The Bertz CT molecular complexity index is 1100. The molecule has 2 aliphatic carbocycles. The molecule has 1 amide bonds. The molecule has 2 saturated carbocycles. The molecule has 0 saturated heterocycles. The molecular weight excluding hydrogens is 358 g/mol. The molecule has 2 fully saturated rings. The molecule has 0 unspecified atom stereocenters. The SMILES string of the molecule is O=C1NC2(CCCCC2)c2cc(-c3c[nH]c4nc(C5CCCC5)ccc34)ccc21. The Morgan fingerprint density at radius 2 is 1.76 bits per heavy atom. The van der Waals surface area contributed by atoms with Crippen LogP contribution < -0.4 is 5.32 Å². The van der Waals surface area contributed by atoms with Crippen molar-refractivity contribution in [2.24, 2.45) is 0 Å². The van der Waals surface area contributed by atoms with Crippen molar-refractivity contribution in [1.82, 2.24) is 15.3 Å². The summed E-state index contributed by atoms with van der Waals surface area (Å²) in [4.78, 5) is 20.9. The Kier molecular flexibility index (Phi) is 3.84. The molecule has 2 N–H and O–H groups in total. The Morgan fingerprint density at radius 3 is 2.59 bits per heavy atom. The molecule has 3 aliphatic rings. The molecule has 3 heterocycles. The van der Waals surface area contributed by atoms with Crippen LogP contribution in [0.1, 0.15) is 85.3 Å². The van der Waals surface area contributed by atoms with Crippen LogP contribution in [0, 0.1) is 0 Å². The van der Waals surface area contributed by atoms with E-state index in [-0.39, 0.29) is 11.4 Å². The summed E-state index contributed by atoms with van der Waals surface area (Å²) in [6, 6.07) is 10.8. The number of aromatic nitrogens is 2. The van der Waals surface area contributed by atoms with Crippen molar-refractivity contribution in [3.63, 3.8) is 0 Å². The van der Waals surface area contributed by atoms with E-state index in [0.29, 0.717) is 5.92 Å². The van der Waals surface area contributed by atoms with Crippen molar-refractivity contribution in [3.05, 3.63) is 53.3 Å². The van der Waals surface area contributed by atoms with Gasteiger partial charge in [-0.25, -0.2) is 4.98 Å². The molecule has 0 atom stereocenters. The fourth-order valence-corrected chi connectivity index (χ4v) is 5.92. The lowest BCUT2D eigenvalue weighted by molar-refractivity contribution is 0.0909. The second-order valence-electron chi connectivity index (χ2n) is 9.17. The predicted octanol–water partition coefficient (Wildman–Crippen LogP) is 5.79. The van der Waals surface area contributed by atoms with Crippen molar-refractivity contribution in [1.29, 1.82) is 0 Å². The highest BCUT2D eigenvalue weighted by atomic mass is 16.2. The summed E-state index contributed by atoms with van der Waals surface area (Å²) in [6.45, 7) is 0. The van der Waals surface area contributed by atoms with Crippen LogP contribution in [0.25, 0.3) is 22.2 Å². The number of hydrogen-bond acceptors (Lipinski definition) is 2. The van der Waals surface area contributed by atoms with Crippen LogP contribution in [0.3, 0.4) is 0 Å². The Labute approximate surface area is 171 Å². The van der Waals surface area contributed by atoms with Crippen molar-refractivity contribution >= 4 is 16.9 Å². The number of carbonyl (C=O) groups excluding carboxylic acids is 1. The highest BCUT2D eigenvalue weighted by molar-refractivity contribution is 6.01. The van der Waals surface area contributed by atoms with E-state index < -0.39 is 0 Å². The molecule has 0 bridgehead atoms. The number of amides is 1. The lowest BCUT2D eigenvalue weighted by Gasteiger charge is -2.34. The highest BCUT2D eigenvalue weighted by Crippen LogP contribution is 2.44. The number of nitrogens with zero attached hydrogens (tertiary/aromatic N) is 1. The number of pyridine rings is 1. The number of rotatable bonds is 2. The lowest BCUT2D eigenvalue weighted by Crippen LogP contribution is -2.40. The number of fused-ring (bicyclic) bond motifs is 3. The normalized spacial score (nSPS) is 21.0. The van der Waals surface area contributed by atoms with Gasteiger partial charge in [-0.05, 0) is 61.1 Å². The van der Waals surface area contributed by atoms with E-state index in [1.165, 1.54) is 72.7 Å². The first-order valence-electron chi connectivity index (χ1n) is 11.2. The first kappa shape index (κ1) is 17.3. The minimum absolute atomic E-state index is 0.0928. The number of nitrogens with one attached hydrogen (secondary N) is 2. The molecule has 2 aromatic heterocycles. The molecule has 29 heavy (non-hydrogen) atoms. The number of carbonyl (C=O) groups is 1. The topological polar surface area (TPSA) is 57.8 Å². The van der Waals surface area contributed by atoms with E-state index in [4.69, 9.17) is 4.98 Å². The lowest BCUT2D eigenvalue weighted by atomic mass is 9.77. The third-order valence-corrected chi connectivity index (χ3v) is 7.48. The van der Waals surface area contributed by atoms with Crippen molar-refractivity contribution in [2.75, 3.05) is 0 Å². The molecule has 4 heteroatoms. The van der Waals surface area contributed by atoms with Gasteiger partial charge in [0.05, 0.1) is 5.54 Å². The van der Waals surface area contributed by atoms with Crippen LogP contribution >= 0.6 is 0 Å². The summed E-state index contributed by atoms with van der Waals surface area (Å²) in [7, 11) is 0. The summed E-state index contributed by atoms with van der Waals surface area (Å²) in [6.07, 6.45) is 13.0. The van der Waals surface area contributed by atoms with Crippen molar-refractivity contribution < 1.29 is 4.79 Å². The minimum atomic E-state index is -0.152. The van der Waals surface area contributed by atoms with Gasteiger partial charge in [0.2, 0.25) is 0 Å². The molecule has 0 radical (unpaired) electrons. The second kappa shape index (κ2) is 6.45. The maximum Gasteiger partial charge on any atom is 0.252 e. The van der Waals surface area contributed by atoms with Crippen molar-refractivity contribution in [2.45, 2.75) is 69.2 Å². The fraction of sp³-hybridized carbons (Fsp3) is 0.440. The van der Waals surface area contributed by atoms with E-state index in [1.807, 2.05) is 6.07 Å². The Hall–Kier alpha value is -2.62. The Morgan fingerprint density at radius 1 is 0.931 bits per heavy atom. The predicted molar refractivity (Wildman–Crippen MR) is 115 cm³/mol. The zero-order chi connectivity index (χ0) is 19.4. The second-order valence-corrected chi connectivity index (χ2v) is 9.17. The molecule has 4 nitrogen and oxygen atoms in total. The van der Waals surface area contributed by atoms with Crippen LogP contribution in [0.4, 0.5) is 0 Å². The summed E-state index contributed by atoms with van der Waals surface area (Å²) in [5.41, 5.74) is 6.47. The summed E-state index contributed by atoms with van der Waals surface area (Å²) >= 11 is 0. The van der Waals surface area contributed by atoms with Crippen molar-refractivity contribution in [3.8, 4) is 11.1 Å². The van der Waals surface area contributed by atoms with E-state index in [2.05, 4.69) is 40.8 Å². The van der Waals surface area contributed by atoms with Crippen LogP contribution in [-0.2, 0) is 5.54 Å². The first-order valence-corrected chi connectivity index (χ1v) is 11.2. The summed E-state index contributed by atoms with van der Waals surface area (Å²) < 4.78 is 0. The van der Waals surface area contributed by atoms with Crippen LogP contribution in [0.5, 0.6) is 0 Å². The van der Waals surface area contributed by atoms with Gasteiger partial charge in [0.25, 0.3) is 5.91 Å². The summed E-state index contributed by atoms with van der Waals surface area (Å²) in [5.74, 6) is 0.713. The molecule has 6 rings (SSSR count). The van der Waals surface area contributed by atoms with Gasteiger partial charge in [-0.1, -0.05) is 38.2 Å². The van der Waals surface area contributed by atoms with Gasteiger partial charge in [-0.3, -0.25) is 4.79 Å². The smallest absolute Gasteiger partial charge is 0.252 e. The van der Waals surface area contributed by atoms with Gasteiger partial charge in [0.15, 0.2) is 0 Å². The molecule has 3 aromatic rings. The van der Waals surface area contributed by atoms with Crippen LogP contribution in [0.2, 0.25) is 0 Å². The average Bonchev–Trinajstić information content (AvgIpc) is 3.48. The van der Waals surface area contributed by atoms with Crippen LogP contribution in [-0.4, -0.2) is 15.9 Å². The third-order valence-electron chi connectivity index (χ3n) is 7.48. The average molecular weight is 386 g/mol. The third kappa shape index (κ3) is 2.65. The first-order chi connectivity index (χ1) is 14.2. The monoisotopic (exact) mass is 385 g/mol.